The predicted octanol–water partition coefficient (Wildman–Crippen LogP) is -0.530. The van der Waals surface area contributed by atoms with Gasteiger partial charge in [0, 0.05) is 58.3 Å². The van der Waals surface area contributed by atoms with E-state index in [1.54, 1.807) is 13.1 Å². The quantitative estimate of drug-likeness (QED) is 0.359. The molecule has 1 aromatic heterocycles. The minimum absolute atomic E-state index is 0.0118. The Bertz CT molecular complexity index is 724. The van der Waals surface area contributed by atoms with Crippen molar-refractivity contribution < 1.29 is 17.7 Å². The lowest BCUT2D eigenvalue weighted by Crippen LogP contribution is -2.54. The number of sulfonamides is 1. The number of guanidine groups is 1. The lowest BCUT2D eigenvalue weighted by molar-refractivity contribution is -0.123. The predicted molar refractivity (Wildman–Crippen MR) is 101 cm³/mol. The number of rotatable bonds is 7. The van der Waals surface area contributed by atoms with Crippen molar-refractivity contribution in [3.8, 4) is 0 Å². The molecule has 2 rings (SSSR count). The molecule has 0 spiro atoms. The van der Waals surface area contributed by atoms with Crippen LogP contribution in [0.5, 0.6) is 0 Å². The Labute approximate surface area is 160 Å². The number of piperazine rings is 1. The van der Waals surface area contributed by atoms with Crippen molar-refractivity contribution >= 4 is 21.9 Å². The van der Waals surface area contributed by atoms with Gasteiger partial charge in [-0.2, -0.15) is 4.31 Å². The smallest absolute Gasteiger partial charge is 0.222 e. The van der Waals surface area contributed by atoms with E-state index in [2.05, 4.69) is 20.8 Å². The summed E-state index contributed by atoms with van der Waals surface area (Å²) in [7, 11) is -1.74. The molecule has 0 radical (unpaired) electrons. The van der Waals surface area contributed by atoms with Crippen LogP contribution >= 0.6 is 0 Å². The summed E-state index contributed by atoms with van der Waals surface area (Å²) >= 11 is 0. The Hall–Kier alpha value is -2.14. The molecule has 1 saturated heterocycles. The van der Waals surface area contributed by atoms with Crippen molar-refractivity contribution in [2.45, 2.75) is 19.6 Å². The second kappa shape index (κ2) is 9.70. The molecule has 0 atom stereocenters. The largest absolute Gasteiger partial charge is 0.364 e. The van der Waals surface area contributed by atoms with Crippen molar-refractivity contribution in [2.75, 3.05) is 46.3 Å². The zero-order valence-electron chi connectivity index (χ0n) is 16.0. The maximum absolute atomic E-state index is 12.5. The van der Waals surface area contributed by atoms with Gasteiger partial charge in [0.15, 0.2) is 5.96 Å². The molecule has 0 saturated carbocycles. The van der Waals surface area contributed by atoms with E-state index in [1.807, 2.05) is 18.7 Å². The lowest BCUT2D eigenvalue weighted by Gasteiger charge is -2.35. The number of hydrogen-bond acceptors (Lipinski definition) is 6. The molecule has 1 aromatic rings. The first-order valence-corrected chi connectivity index (χ1v) is 10.5. The van der Waals surface area contributed by atoms with Crippen LogP contribution in [0.25, 0.3) is 0 Å². The highest BCUT2D eigenvalue weighted by Gasteiger charge is 2.28. The van der Waals surface area contributed by atoms with Gasteiger partial charge in [0.1, 0.15) is 12.0 Å². The summed E-state index contributed by atoms with van der Waals surface area (Å²) in [6.45, 7) is 6.58. The minimum atomic E-state index is -3.42. The summed E-state index contributed by atoms with van der Waals surface area (Å²) in [5.41, 5.74) is 0.401. The van der Waals surface area contributed by atoms with Gasteiger partial charge in [-0.1, -0.05) is 19.0 Å². The molecule has 10 nitrogen and oxygen atoms in total. The molecule has 27 heavy (non-hydrogen) atoms. The Morgan fingerprint density at radius 2 is 1.93 bits per heavy atom. The summed E-state index contributed by atoms with van der Waals surface area (Å²) in [4.78, 5) is 17.8. The molecule has 2 N–H and O–H groups in total. The van der Waals surface area contributed by atoms with E-state index in [0.717, 1.165) is 0 Å². The third-order valence-electron chi connectivity index (χ3n) is 4.20. The molecular formula is C16H28N6O4S. The molecule has 0 aromatic carbocycles. The molecule has 1 aliphatic rings. The van der Waals surface area contributed by atoms with Crippen LogP contribution in [0, 0.1) is 5.92 Å². The van der Waals surface area contributed by atoms with E-state index in [0.29, 0.717) is 50.9 Å². The first kappa shape index (κ1) is 21.2. The highest BCUT2D eigenvalue weighted by Crippen LogP contribution is 2.12. The van der Waals surface area contributed by atoms with Crippen molar-refractivity contribution in [2.24, 2.45) is 10.9 Å². The monoisotopic (exact) mass is 400 g/mol. The number of carbonyl (C=O) groups excluding carboxylic acids is 1. The lowest BCUT2D eigenvalue weighted by atomic mass is 10.2. The zero-order chi connectivity index (χ0) is 19.9. The third-order valence-corrected chi connectivity index (χ3v) is 6.01. The van der Waals surface area contributed by atoms with Gasteiger partial charge in [-0.05, 0) is 0 Å². The van der Waals surface area contributed by atoms with Crippen LogP contribution in [0.2, 0.25) is 0 Å². The van der Waals surface area contributed by atoms with Gasteiger partial charge in [0.25, 0.3) is 0 Å². The Morgan fingerprint density at radius 3 is 2.48 bits per heavy atom. The number of carbonyl (C=O) groups is 1. The third kappa shape index (κ3) is 6.21. The van der Waals surface area contributed by atoms with Crippen molar-refractivity contribution in [1.82, 2.24) is 25.0 Å². The fourth-order valence-corrected chi connectivity index (χ4v) is 4.09. The number of hydrogen-bond donors (Lipinski definition) is 2. The Kier molecular flexibility index (Phi) is 7.60. The fourth-order valence-electron chi connectivity index (χ4n) is 2.66. The van der Waals surface area contributed by atoms with Gasteiger partial charge in [-0.3, -0.25) is 9.79 Å². The molecule has 0 unspecified atom stereocenters. The van der Waals surface area contributed by atoms with E-state index < -0.39 is 10.0 Å². The second-order valence-corrected chi connectivity index (χ2v) is 8.52. The van der Waals surface area contributed by atoms with E-state index in [1.165, 1.54) is 10.6 Å². The SMILES string of the molecule is CN=C(NCCNC(=O)C(C)C)N1CCN(S(=O)(=O)Cc2ccon2)CC1. The van der Waals surface area contributed by atoms with Crippen LogP contribution in [-0.2, 0) is 20.6 Å². The van der Waals surface area contributed by atoms with Crippen molar-refractivity contribution in [3.05, 3.63) is 18.0 Å². The molecule has 1 amide bonds. The van der Waals surface area contributed by atoms with Gasteiger partial charge in [-0.25, -0.2) is 8.42 Å². The van der Waals surface area contributed by atoms with E-state index in [4.69, 9.17) is 4.52 Å². The summed E-state index contributed by atoms with van der Waals surface area (Å²) < 4.78 is 31.1. The highest BCUT2D eigenvalue weighted by molar-refractivity contribution is 7.88. The van der Waals surface area contributed by atoms with Crippen molar-refractivity contribution in [1.29, 1.82) is 0 Å². The van der Waals surface area contributed by atoms with Crippen LogP contribution in [0.4, 0.5) is 0 Å². The minimum Gasteiger partial charge on any atom is -0.364 e. The average molecular weight is 401 g/mol. The van der Waals surface area contributed by atoms with Gasteiger partial charge < -0.3 is 20.1 Å². The van der Waals surface area contributed by atoms with Gasteiger partial charge >= 0.3 is 0 Å². The normalized spacial score (nSPS) is 16.6. The van der Waals surface area contributed by atoms with Crippen LogP contribution in [0.1, 0.15) is 19.5 Å². The first-order valence-electron chi connectivity index (χ1n) is 8.94. The van der Waals surface area contributed by atoms with Gasteiger partial charge in [-0.15, -0.1) is 0 Å². The van der Waals surface area contributed by atoms with Crippen LogP contribution in [-0.4, -0.2) is 81.0 Å². The first-order chi connectivity index (χ1) is 12.8. The number of nitrogens with zero attached hydrogens (tertiary/aromatic N) is 4. The Morgan fingerprint density at radius 1 is 1.26 bits per heavy atom. The maximum Gasteiger partial charge on any atom is 0.222 e. The van der Waals surface area contributed by atoms with Crippen molar-refractivity contribution in [3.63, 3.8) is 0 Å². The zero-order valence-corrected chi connectivity index (χ0v) is 16.8. The molecular weight excluding hydrogens is 372 g/mol. The second-order valence-electron chi connectivity index (χ2n) is 6.55. The maximum atomic E-state index is 12.5. The van der Waals surface area contributed by atoms with Crippen LogP contribution < -0.4 is 10.6 Å². The van der Waals surface area contributed by atoms with Crippen LogP contribution in [0.15, 0.2) is 21.8 Å². The summed E-state index contributed by atoms with van der Waals surface area (Å²) in [6, 6.07) is 1.55. The summed E-state index contributed by atoms with van der Waals surface area (Å²) in [5.74, 6) is 0.503. The molecule has 1 aliphatic heterocycles. The topological polar surface area (TPSA) is 120 Å². The Balaban J connectivity index is 1.78. The van der Waals surface area contributed by atoms with Crippen LogP contribution in [0.3, 0.4) is 0 Å². The molecule has 11 heteroatoms. The average Bonchev–Trinajstić information content (AvgIpc) is 3.14. The van der Waals surface area contributed by atoms with Gasteiger partial charge in [0.05, 0.1) is 5.69 Å². The standard InChI is InChI=1S/C16H28N6O4S/c1-13(2)15(23)18-5-6-19-16(17-3)21-7-9-22(10-8-21)27(24,25)12-14-4-11-26-20-14/h4,11,13H,5-10,12H2,1-3H3,(H,17,19)(H,18,23). The molecule has 2 heterocycles. The number of nitrogens with one attached hydrogen (secondary N) is 2. The van der Waals surface area contributed by atoms with Gasteiger partial charge in [0.2, 0.25) is 15.9 Å². The molecule has 1 fully saturated rings. The molecule has 0 bridgehead atoms. The van der Waals surface area contributed by atoms with E-state index in [9.17, 15) is 13.2 Å². The highest BCUT2D eigenvalue weighted by atomic mass is 32.2. The summed E-state index contributed by atoms with van der Waals surface area (Å²) in [6.07, 6.45) is 1.36. The van der Waals surface area contributed by atoms with E-state index >= 15 is 0 Å². The number of aromatic nitrogens is 1. The fraction of sp³-hybridized carbons (Fsp3) is 0.688. The molecule has 0 aliphatic carbocycles. The number of aliphatic imine (C=N–C) groups is 1. The van der Waals surface area contributed by atoms with E-state index in [-0.39, 0.29) is 17.6 Å². The number of amides is 1. The summed E-state index contributed by atoms with van der Waals surface area (Å²) in [5, 5.41) is 9.70. The molecule has 152 valence electrons.